The van der Waals surface area contributed by atoms with E-state index in [1.165, 1.54) is 27.7 Å². The second-order valence-electron chi connectivity index (χ2n) is 12.9. The Labute approximate surface area is 441 Å². The third-order valence-corrected chi connectivity index (χ3v) is 9.61. The number of hydrogen-bond acceptors (Lipinski definition) is 24. The Morgan fingerprint density at radius 3 is 1.23 bits per heavy atom. The number of pyridine rings is 1. The van der Waals surface area contributed by atoms with Crippen molar-refractivity contribution in [1.29, 1.82) is 0 Å². The van der Waals surface area contributed by atoms with Crippen LogP contribution in [0.15, 0.2) is 30.6 Å². The van der Waals surface area contributed by atoms with Crippen LogP contribution in [0, 0.1) is 17.8 Å². The van der Waals surface area contributed by atoms with Gasteiger partial charge in [0, 0.05) is 51.8 Å². The predicted molar refractivity (Wildman–Crippen MR) is 214 cm³/mol. The van der Waals surface area contributed by atoms with E-state index in [9.17, 15) is 44.4 Å². The van der Waals surface area contributed by atoms with Crippen molar-refractivity contribution in [2.24, 2.45) is 23.5 Å². The standard InChI is InChI=1S/2C6H11NO5S.C6H11NO2.C5H10N2O5S.C5H5N.CH4O3S.K.HO4P.H/c2*1-4-5(8)7(6(4,2)3)12-13(9,10)11;1-4-5(8)7(9)6(4,2)3;1-5(2)3(6)4(8)7(5)12-13(9,10)11;1-2-4-6-5-3-1;1-5-4-3-2;;1-4-5(2)3;/h2*4H,1-3H3,(H,9,10,11);4,9H,1-3H3;3H,6H2,1-2H3,(H,9,10,11);1-5H;2H,1H3;;1H;/q;;;;;;+1;;-1/t3*4-;3-;;;;;/m1111...../s1/i3*2D3;1D3;;;;;/t3*4-,6+;3-,5+;;;;;. The first-order valence-corrected chi connectivity index (χ1v) is 22.6. The second kappa shape index (κ2) is 27.6. The molecular formula is C29H54KN6O24PS4. The first kappa shape index (κ1) is 47.1. The van der Waals surface area contributed by atoms with Gasteiger partial charge in [-0.05, 0) is 71.8 Å². The van der Waals surface area contributed by atoms with Crippen molar-refractivity contribution >= 4 is 75.1 Å². The SMILES string of the molecule is CSOOO.O=[P+]([O-])OO.[2H]C([2H])([2H])[C@]1(C)[C@H](C)C(=O)N1O.[2H]C([2H])([2H])[C@]1(C)[C@H](C)C(=O)N1OS(=O)(=O)O.[2H]C([2H])([2H])[C@]1(C)[C@H](C)C(=O)N1OS(=O)(=O)O.[2H]C([2H])([2H])[C@]1(C)[C@H](N)C(=O)N1OS(=O)(=O)O.[H-].[K+].c1ccncc1. The zero-order valence-electron chi connectivity index (χ0n) is 48.1. The summed E-state index contributed by atoms with van der Waals surface area (Å²) in [6.45, 7) is -1.41. The number of aromatic nitrogens is 1. The van der Waals surface area contributed by atoms with Crippen LogP contribution in [-0.4, -0.2) is 138 Å². The molecule has 36 heteroatoms. The molecule has 8 N–H and O–H groups in total. The van der Waals surface area contributed by atoms with Crippen LogP contribution in [0.3, 0.4) is 0 Å². The molecule has 0 spiro atoms. The zero-order chi connectivity index (χ0) is 61.2. The third-order valence-electron chi connectivity index (χ3n) is 8.27. The number of rotatable bonds is 9. The molecule has 1 aromatic rings. The number of hydroxylamine groups is 8. The molecule has 65 heavy (non-hydrogen) atoms. The normalized spacial score (nSPS) is 32.5. The minimum Gasteiger partial charge on any atom is -1.00 e. The molecule has 9 atom stereocenters. The van der Waals surface area contributed by atoms with Crippen molar-refractivity contribution in [1.82, 2.24) is 25.2 Å². The molecule has 5 rings (SSSR count). The molecule has 0 saturated carbocycles. The van der Waals surface area contributed by atoms with Gasteiger partial charge in [-0.2, -0.15) is 40.4 Å². The average Bonchev–Trinajstić information content (AvgIpc) is 3.29. The average molecular weight is 1080 g/mol. The zero-order valence-corrected chi connectivity index (χ0v) is 42.4. The second-order valence-corrected chi connectivity index (χ2v) is 17.0. The number of hydrogen-bond donors (Lipinski definition) is 7. The third kappa shape index (κ3) is 21.3. The molecule has 0 aromatic carbocycles. The van der Waals surface area contributed by atoms with Crippen molar-refractivity contribution < 1.29 is 179 Å². The van der Waals surface area contributed by atoms with Gasteiger partial charge in [0.05, 0.1) is 39.9 Å². The molecule has 4 fully saturated rings. The van der Waals surface area contributed by atoms with E-state index in [-0.39, 0.29) is 68.0 Å². The molecule has 1 unspecified atom stereocenters. The summed E-state index contributed by atoms with van der Waals surface area (Å²) in [5, 5.41) is 27.3. The van der Waals surface area contributed by atoms with Crippen LogP contribution in [-0.2, 0) is 81.8 Å². The summed E-state index contributed by atoms with van der Waals surface area (Å²) in [4.78, 5) is 57.3. The fourth-order valence-corrected chi connectivity index (χ4v) is 5.21. The molecule has 4 aliphatic rings. The molecule has 374 valence electrons. The van der Waals surface area contributed by atoms with Crippen LogP contribution < -0.4 is 62.0 Å². The van der Waals surface area contributed by atoms with Gasteiger partial charge < -0.3 is 12.1 Å². The van der Waals surface area contributed by atoms with Crippen molar-refractivity contribution in [3.05, 3.63) is 30.6 Å². The fourth-order valence-electron chi connectivity index (χ4n) is 3.90. The Kier molecular flexibility index (Phi) is 20.0. The van der Waals surface area contributed by atoms with E-state index in [1.54, 1.807) is 18.6 Å². The summed E-state index contributed by atoms with van der Waals surface area (Å²) in [5.74, 6) is -5.66. The number of β-lactam (4-membered cyclic amide) rings is 4. The molecule has 4 amide bonds. The molecular weight excluding hydrogens is 1010 g/mol. The van der Waals surface area contributed by atoms with E-state index in [4.69, 9.17) is 61.0 Å². The smallest absolute Gasteiger partial charge is 1.00 e. The van der Waals surface area contributed by atoms with E-state index < -0.39 is 136 Å². The number of nitrogens with zero attached hydrogens (tertiary/aromatic N) is 5. The van der Waals surface area contributed by atoms with E-state index in [0.717, 1.165) is 32.8 Å². The van der Waals surface area contributed by atoms with Gasteiger partial charge in [0.2, 0.25) is 0 Å². The summed E-state index contributed by atoms with van der Waals surface area (Å²) < 4.78 is 201. The van der Waals surface area contributed by atoms with Gasteiger partial charge in [0.25, 0.3) is 23.6 Å². The van der Waals surface area contributed by atoms with Gasteiger partial charge in [-0.3, -0.25) is 43.0 Å². The Hall–Kier alpha value is -1.59. The van der Waals surface area contributed by atoms with E-state index in [0.29, 0.717) is 5.06 Å². The van der Waals surface area contributed by atoms with Crippen molar-refractivity contribution in [3.8, 4) is 0 Å². The fraction of sp³-hybridized carbons (Fsp3) is 0.690. The molecule has 30 nitrogen and oxygen atoms in total. The van der Waals surface area contributed by atoms with Crippen molar-refractivity contribution in [2.75, 3.05) is 6.26 Å². The summed E-state index contributed by atoms with van der Waals surface area (Å²) in [6.07, 6.45) is 5.12. The Bertz CT molecular complexity index is 2290. The van der Waals surface area contributed by atoms with Gasteiger partial charge >= 0.3 is 90.8 Å². The largest absolute Gasteiger partial charge is 1.00 e. The summed E-state index contributed by atoms with van der Waals surface area (Å²) >= 11 is 0.929. The number of carbonyl (C=O) groups is 4. The maximum atomic E-state index is 11.3. The van der Waals surface area contributed by atoms with E-state index >= 15 is 0 Å². The first-order chi connectivity index (χ1) is 33.6. The molecule has 4 aliphatic heterocycles. The summed E-state index contributed by atoms with van der Waals surface area (Å²) in [5.41, 5.74) is -1.64. The van der Waals surface area contributed by atoms with E-state index in [1.807, 2.05) is 18.2 Å². The molecule has 5 heterocycles. The van der Waals surface area contributed by atoms with Crippen LogP contribution in [0.5, 0.6) is 0 Å². The number of nitrogens with two attached hydrogens (primary N) is 1. The minimum absolute atomic E-state index is 0. The predicted octanol–water partition coefficient (Wildman–Crippen LogP) is -2.37. The van der Waals surface area contributed by atoms with Crippen LogP contribution >= 0.6 is 20.3 Å². The Morgan fingerprint density at radius 2 is 1.05 bits per heavy atom. The van der Waals surface area contributed by atoms with Crippen LogP contribution in [0.2, 0.25) is 0 Å². The van der Waals surface area contributed by atoms with Crippen LogP contribution in [0.25, 0.3) is 0 Å². The molecule has 1 aromatic heterocycles. The van der Waals surface area contributed by atoms with Crippen LogP contribution in [0.1, 0.15) is 93.7 Å². The summed E-state index contributed by atoms with van der Waals surface area (Å²) in [7, 11) is -17.8. The van der Waals surface area contributed by atoms with Crippen molar-refractivity contribution in [3.63, 3.8) is 0 Å². The maximum Gasteiger partial charge on any atom is 1.00 e. The quantitative estimate of drug-likeness (QED) is 0.0199. The van der Waals surface area contributed by atoms with E-state index in [2.05, 4.69) is 31.9 Å². The monoisotopic (exact) mass is 1080 g/mol. The first-order valence-electron chi connectivity index (χ1n) is 22.3. The van der Waals surface area contributed by atoms with Gasteiger partial charge in [0.1, 0.15) is 6.04 Å². The van der Waals surface area contributed by atoms with Gasteiger partial charge in [-0.15, -0.1) is 17.2 Å². The maximum absolute atomic E-state index is 11.3. The molecule has 0 bridgehead atoms. The summed E-state index contributed by atoms with van der Waals surface area (Å²) in [6, 6.07) is 4.30. The minimum atomic E-state index is -4.97. The Morgan fingerprint density at radius 1 is 0.723 bits per heavy atom. The molecule has 0 radical (unpaired) electrons. The van der Waals surface area contributed by atoms with Crippen molar-refractivity contribution in [2.45, 2.75) is 104 Å². The van der Waals surface area contributed by atoms with Gasteiger partial charge in [0.15, 0.2) is 0 Å². The molecule has 0 aliphatic carbocycles. The number of carbonyl (C=O) groups excluding carboxylic acids is 4. The van der Waals surface area contributed by atoms with Crippen LogP contribution in [0.4, 0.5) is 0 Å². The Balaban J connectivity index is -0.000000425. The number of amides is 4. The van der Waals surface area contributed by atoms with Gasteiger partial charge in [-0.25, -0.2) is 15.6 Å². The topological polar surface area (TPSA) is 439 Å². The molecule has 4 saturated heterocycles. The van der Waals surface area contributed by atoms with Gasteiger partial charge in [-0.1, -0.05) is 31.9 Å².